The molecular weight excluding hydrogens is 761 g/mol. The van der Waals surface area contributed by atoms with E-state index in [2.05, 4.69) is 20.5 Å². The zero-order chi connectivity index (χ0) is 39.6. The summed E-state index contributed by atoms with van der Waals surface area (Å²) in [5.74, 6) is 0.311. The zero-order valence-corrected chi connectivity index (χ0v) is 32.8. The van der Waals surface area contributed by atoms with E-state index >= 15 is 0 Å². The first-order valence-electron chi connectivity index (χ1n) is 17.9. The number of methoxy groups -OCH3 is 2. The number of hydrogen-bond donors (Lipinski definition) is 2. The van der Waals surface area contributed by atoms with Crippen LogP contribution in [0.5, 0.6) is 11.5 Å². The van der Waals surface area contributed by atoms with Gasteiger partial charge < -0.3 is 29.7 Å². The first kappa shape index (κ1) is 38.9. The maximum absolute atomic E-state index is 14.1. The van der Waals surface area contributed by atoms with Crippen molar-refractivity contribution in [2.45, 2.75) is 31.5 Å². The van der Waals surface area contributed by atoms with E-state index in [1.807, 2.05) is 36.3 Å². The Morgan fingerprint density at radius 3 is 2.43 bits per heavy atom. The van der Waals surface area contributed by atoms with Gasteiger partial charge in [-0.25, -0.2) is 19.0 Å². The molecule has 1 aromatic heterocycles. The molecule has 292 valence electrons. The predicted octanol–water partition coefficient (Wildman–Crippen LogP) is 6.03. The fourth-order valence-electron chi connectivity index (χ4n) is 7.10. The Hall–Kier alpha value is -5.35. The van der Waals surface area contributed by atoms with Gasteiger partial charge in [0, 0.05) is 78.9 Å². The second-order valence-electron chi connectivity index (χ2n) is 14.3. The highest BCUT2D eigenvalue weighted by molar-refractivity contribution is 7.11. The monoisotopic (exact) mass is 801 g/mol. The molecule has 0 bridgehead atoms. The summed E-state index contributed by atoms with van der Waals surface area (Å²) >= 11 is 7.91. The number of ether oxygens (including phenoxy) is 3. The molecule has 4 heterocycles. The molecule has 0 radical (unpaired) electrons. The number of amidine groups is 1. The highest BCUT2D eigenvalue weighted by Gasteiger charge is 2.42. The van der Waals surface area contributed by atoms with E-state index in [9.17, 15) is 18.8 Å². The maximum atomic E-state index is 14.1. The molecule has 3 aliphatic heterocycles. The Morgan fingerprint density at radius 2 is 1.77 bits per heavy atom. The molecule has 56 heavy (non-hydrogen) atoms. The third kappa shape index (κ3) is 8.40. The number of aromatic nitrogens is 1. The lowest BCUT2D eigenvalue weighted by molar-refractivity contribution is -0.136. The molecule has 0 aliphatic carbocycles. The summed E-state index contributed by atoms with van der Waals surface area (Å²) in [6.07, 6.45) is 1.67. The van der Waals surface area contributed by atoms with E-state index in [4.69, 9.17) is 30.8 Å². The van der Waals surface area contributed by atoms with E-state index in [1.54, 1.807) is 54.6 Å². The van der Waals surface area contributed by atoms with Crippen molar-refractivity contribution < 1.29 is 33.0 Å². The normalized spacial score (nSPS) is 18.7. The molecular formula is C40H41ClFN7O6S. The summed E-state index contributed by atoms with van der Waals surface area (Å²) in [4.78, 5) is 54.8. The van der Waals surface area contributed by atoms with Gasteiger partial charge >= 0.3 is 12.0 Å². The number of carbonyl (C=O) groups excluding carboxylic acids is 3. The number of aliphatic imine (C=N–C) groups is 1. The number of thiazole rings is 1. The summed E-state index contributed by atoms with van der Waals surface area (Å²) in [7, 11) is 2.90. The van der Waals surface area contributed by atoms with E-state index in [0.29, 0.717) is 78.5 Å². The van der Waals surface area contributed by atoms with Crippen LogP contribution in [0.2, 0.25) is 5.02 Å². The van der Waals surface area contributed by atoms with Gasteiger partial charge in [0.1, 0.15) is 23.4 Å². The Kier molecular flexibility index (Phi) is 11.4. The molecule has 2 unspecified atom stereocenters. The molecule has 3 aliphatic rings. The molecule has 7 rings (SSSR count). The average molecular weight is 802 g/mol. The quantitative estimate of drug-likeness (QED) is 0.165. The number of esters is 1. The third-order valence-electron chi connectivity index (χ3n) is 9.70. The Labute approximate surface area is 332 Å². The van der Waals surface area contributed by atoms with Gasteiger partial charge in [-0.3, -0.25) is 19.6 Å². The van der Waals surface area contributed by atoms with Crippen LogP contribution >= 0.6 is 22.9 Å². The topological polar surface area (TPSA) is 138 Å². The lowest BCUT2D eigenvalue weighted by Crippen LogP contribution is -2.53. The number of anilines is 1. The first-order chi connectivity index (χ1) is 26.9. The number of benzene rings is 3. The van der Waals surface area contributed by atoms with E-state index in [1.165, 1.54) is 36.6 Å². The second-order valence-corrected chi connectivity index (χ2v) is 15.6. The number of hydrogen-bond acceptors (Lipinski definition) is 11. The van der Waals surface area contributed by atoms with Gasteiger partial charge in [-0.15, -0.1) is 11.3 Å². The van der Waals surface area contributed by atoms with Crippen molar-refractivity contribution in [2.24, 2.45) is 4.99 Å². The van der Waals surface area contributed by atoms with E-state index in [0.717, 1.165) is 5.69 Å². The van der Waals surface area contributed by atoms with Crippen LogP contribution in [0.15, 0.2) is 94.6 Å². The van der Waals surface area contributed by atoms with Crippen molar-refractivity contribution in [3.8, 4) is 11.5 Å². The fraction of sp³-hybridized carbons (Fsp3) is 0.325. The molecule has 3 aromatic carbocycles. The molecule has 2 fully saturated rings. The second kappa shape index (κ2) is 16.4. The number of urea groups is 1. The Morgan fingerprint density at radius 1 is 1.04 bits per heavy atom. The van der Waals surface area contributed by atoms with E-state index in [-0.39, 0.29) is 28.6 Å². The van der Waals surface area contributed by atoms with Crippen molar-refractivity contribution in [1.82, 2.24) is 25.4 Å². The Bertz CT molecular complexity index is 2160. The van der Waals surface area contributed by atoms with Crippen molar-refractivity contribution in [3.05, 3.63) is 117 Å². The molecule has 13 nitrogen and oxygen atoms in total. The lowest BCUT2D eigenvalue weighted by atomic mass is 9.95. The van der Waals surface area contributed by atoms with Gasteiger partial charge in [0.25, 0.3) is 5.91 Å². The summed E-state index contributed by atoms with van der Waals surface area (Å²) in [5.41, 5.74) is 2.02. The van der Waals surface area contributed by atoms with Crippen LogP contribution < -0.4 is 20.3 Å². The van der Waals surface area contributed by atoms with Crippen LogP contribution in [0.1, 0.15) is 40.8 Å². The lowest BCUT2D eigenvalue weighted by Gasteiger charge is -2.38. The standard InChI is InChI=1S/C40H41ClFN7O6S/c1-40(2,23-53-3)46-36(50)24-5-10-28(11-6-24)55-29-12-8-26(9-13-29)49-21-27-20-47(16-17-48(27)39(49)52)22-32-33(38(51)54-4)34(30-14-7-25(42)19-31(30)41)45-35(44-32)37-43-15-18-56-37/h5-15,18-19,27,34H,16-17,20-23H2,1-4H3,(H,44,45)(H,46,50). The van der Waals surface area contributed by atoms with Crippen LogP contribution in [0.25, 0.3) is 0 Å². The van der Waals surface area contributed by atoms with Crippen molar-refractivity contribution in [2.75, 3.05) is 58.5 Å². The average Bonchev–Trinajstić information content (AvgIpc) is 3.83. The maximum Gasteiger partial charge on any atom is 0.338 e. The molecule has 2 saturated heterocycles. The van der Waals surface area contributed by atoms with Crippen molar-refractivity contribution in [3.63, 3.8) is 0 Å². The highest BCUT2D eigenvalue weighted by Crippen LogP contribution is 2.37. The SMILES string of the molecule is COCC(C)(C)NC(=O)c1ccc(Oc2ccc(N3CC4CN(CC5=C(C(=O)OC)C(c6ccc(F)cc6Cl)N=C(c6nccs6)N5)CCN4C3=O)cc2)cc1. The van der Waals surface area contributed by atoms with Crippen LogP contribution in [0.4, 0.5) is 14.9 Å². The van der Waals surface area contributed by atoms with Crippen LogP contribution in [0.3, 0.4) is 0 Å². The van der Waals surface area contributed by atoms with Crippen molar-refractivity contribution in [1.29, 1.82) is 0 Å². The van der Waals surface area contributed by atoms with Gasteiger partial charge in [0.2, 0.25) is 0 Å². The first-order valence-corrected chi connectivity index (χ1v) is 19.2. The third-order valence-corrected chi connectivity index (χ3v) is 10.8. The number of amides is 3. The minimum absolute atomic E-state index is 0.0830. The molecule has 2 atom stereocenters. The molecule has 3 amide bonds. The van der Waals surface area contributed by atoms with Crippen LogP contribution in [0, 0.1) is 5.82 Å². The van der Waals surface area contributed by atoms with Crippen LogP contribution in [-0.2, 0) is 14.3 Å². The number of nitrogens with zero attached hydrogens (tertiary/aromatic N) is 5. The smallest absolute Gasteiger partial charge is 0.338 e. The zero-order valence-electron chi connectivity index (χ0n) is 31.3. The van der Waals surface area contributed by atoms with Crippen LogP contribution in [-0.4, -0.2) is 104 Å². The minimum Gasteiger partial charge on any atom is -0.466 e. The number of nitrogens with one attached hydrogen (secondary N) is 2. The highest BCUT2D eigenvalue weighted by atomic mass is 35.5. The minimum atomic E-state index is -0.868. The number of piperazine rings is 1. The number of rotatable bonds is 12. The fourth-order valence-corrected chi connectivity index (χ4v) is 7.96. The number of fused-ring (bicyclic) bond motifs is 1. The number of halogens is 2. The molecule has 0 spiro atoms. The summed E-state index contributed by atoms with van der Waals surface area (Å²) in [6, 6.07) is 17.1. The van der Waals surface area contributed by atoms with Gasteiger partial charge in [-0.1, -0.05) is 17.7 Å². The van der Waals surface area contributed by atoms with Gasteiger partial charge in [-0.2, -0.15) is 0 Å². The largest absolute Gasteiger partial charge is 0.466 e. The summed E-state index contributed by atoms with van der Waals surface area (Å²) in [6.45, 7) is 6.55. The Balaban J connectivity index is 1.03. The molecule has 0 saturated carbocycles. The summed E-state index contributed by atoms with van der Waals surface area (Å²) < 4.78 is 30.5. The molecule has 2 N–H and O–H groups in total. The molecule has 16 heteroatoms. The molecule has 4 aromatic rings. The van der Waals surface area contributed by atoms with Gasteiger partial charge in [0.15, 0.2) is 10.8 Å². The van der Waals surface area contributed by atoms with Gasteiger partial charge in [0.05, 0.1) is 30.9 Å². The number of carbonyl (C=O) groups is 3. The van der Waals surface area contributed by atoms with E-state index < -0.39 is 23.4 Å². The summed E-state index contributed by atoms with van der Waals surface area (Å²) in [5, 5.41) is 8.88. The predicted molar refractivity (Wildman–Crippen MR) is 211 cm³/mol. The van der Waals surface area contributed by atoms with Crippen molar-refractivity contribution >= 4 is 52.4 Å². The van der Waals surface area contributed by atoms with Gasteiger partial charge in [-0.05, 0) is 74.5 Å².